The summed E-state index contributed by atoms with van der Waals surface area (Å²) in [5.41, 5.74) is 3.58. The molecule has 0 amide bonds. The maximum atomic E-state index is 13.2. The van der Waals surface area contributed by atoms with Gasteiger partial charge in [0.2, 0.25) is 0 Å². The summed E-state index contributed by atoms with van der Waals surface area (Å²) < 4.78 is 9.45. The quantitative estimate of drug-likeness (QED) is 0.475. The lowest BCUT2D eigenvalue weighted by Gasteiger charge is -2.33. The zero-order chi connectivity index (χ0) is 22.4. The summed E-state index contributed by atoms with van der Waals surface area (Å²) in [7, 11) is 3.69. The first-order valence-electron chi connectivity index (χ1n) is 10.5. The van der Waals surface area contributed by atoms with Gasteiger partial charge in [-0.2, -0.15) is 5.10 Å². The molecule has 164 valence electrons. The molecule has 5 rings (SSSR count). The van der Waals surface area contributed by atoms with Crippen LogP contribution in [0.2, 0.25) is 5.02 Å². The highest BCUT2D eigenvalue weighted by Gasteiger charge is 2.25. The van der Waals surface area contributed by atoms with E-state index in [1.165, 1.54) is 0 Å². The monoisotopic (exact) mass is 449 g/mol. The average molecular weight is 450 g/mol. The van der Waals surface area contributed by atoms with Crippen LogP contribution in [0.25, 0.3) is 22.0 Å². The second-order valence-corrected chi connectivity index (χ2v) is 8.64. The van der Waals surface area contributed by atoms with Gasteiger partial charge in [0, 0.05) is 60.6 Å². The third kappa shape index (κ3) is 3.67. The van der Waals surface area contributed by atoms with Crippen LogP contribution in [0.5, 0.6) is 0 Å². The van der Waals surface area contributed by atoms with E-state index in [0.29, 0.717) is 30.1 Å². The van der Waals surface area contributed by atoms with Gasteiger partial charge >= 0.3 is 0 Å². The van der Waals surface area contributed by atoms with Crippen molar-refractivity contribution in [2.24, 2.45) is 14.1 Å². The van der Waals surface area contributed by atoms with Crippen LogP contribution >= 0.6 is 11.6 Å². The smallest absolute Gasteiger partial charge is 0.258 e. The number of pyridine rings is 2. The Balaban J connectivity index is 1.64. The van der Waals surface area contributed by atoms with Gasteiger partial charge in [-0.15, -0.1) is 0 Å². The van der Waals surface area contributed by atoms with Gasteiger partial charge in [-0.05, 0) is 31.2 Å². The normalized spacial score (nSPS) is 16.6. The van der Waals surface area contributed by atoms with Gasteiger partial charge in [0.25, 0.3) is 5.56 Å². The third-order valence-corrected chi connectivity index (χ3v) is 6.32. The van der Waals surface area contributed by atoms with Gasteiger partial charge in [-0.3, -0.25) is 9.48 Å². The molecular formula is C24H24ClN5O2. The van der Waals surface area contributed by atoms with Crippen LogP contribution in [0.15, 0.2) is 53.6 Å². The Bertz CT molecular complexity index is 1360. The molecule has 0 N–H and O–H groups in total. The number of fused-ring (bicyclic) bond motifs is 1. The molecule has 4 aromatic rings. The van der Waals surface area contributed by atoms with Gasteiger partial charge in [0.1, 0.15) is 11.9 Å². The van der Waals surface area contributed by atoms with E-state index in [1.807, 2.05) is 62.8 Å². The van der Waals surface area contributed by atoms with Gasteiger partial charge < -0.3 is 14.2 Å². The number of aryl methyl sites for hydroxylation is 2. The fraction of sp³-hybridized carbons (Fsp3) is 0.292. The summed E-state index contributed by atoms with van der Waals surface area (Å²) in [6.07, 6.45) is 3.70. The van der Waals surface area contributed by atoms with E-state index >= 15 is 0 Å². The zero-order valence-electron chi connectivity index (χ0n) is 18.2. The minimum Gasteiger partial charge on any atom is -0.370 e. The Morgan fingerprint density at radius 1 is 1.12 bits per heavy atom. The Morgan fingerprint density at radius 3 is 2.62 bits per heavy atom. The summed E-state index contributed by atoms with van der Waals surface area (Å²) in [6, 6.07) is 11.5. The van der Waals surface area contributed by atoms with Crippen LogP contribution in [0, 0.1) is 6.92 Å². The van der Waals surface area contributed by atoms with Crippen molar-refractivity contribution >= 4 is 28.2 Å². The molecular weight excluding hydrogens is 426 g/mol. The Hall–Kier alpha value is -3.16. The van der Waals surface area contributed by atoms with Crippen LogP contribution in [0.1, 0.15) is 17.4 Å². The summed E-state index contributed by atoms with van der Waals surface area (Å²) in [4.78, 5) is 20.4. The molecule has 0 radical (unpaired) electrons. The lowest BCUT2D eigenvalue weighted by atomic mass is 10.0. The Morgan fingerprint density at radius 2 is 1.91 bits per heavy atom. The standard InChI is InChI=1S/C24H24ClN5O2/c1-15-10-19-20(24(31)29(15)3)11-22(27-23(19)16-4-6-18(25)7-5-16)30-8-9-32-21(14-30)17-12-26-28(2)13-17/h4-7,10-13,21H,8-9,14H2,1-3H3/t21-/m0/s1. The number of rotatable bonds is 3. The van der Waals surface area contributed by atoms with Crippen LogP contribution in [0.4, 0.5) is 5.82 Å². The number of anilines is 1. The molecule has 0 saturated carbocycles. The molecule has 0 unspecified atom stereocenters. The lowest BCUT2D eigenvalue weighted by molar-refractivity contribution is 0.0395. The van der Waals surface area contributed by atoms with Gasteiger partial charge in [0.15, 0.2) is 0 Å². The highest BCUT2D eigenvalue weighted by molar-refractivity contribution is 6.30. The van der Waals surface area contributed by atoms with Crippen molar-refractivity contribution in [3.8, 4) is 11.3 Å². The van der Waals surface area contributed by atoms with Gasteiger partial charge in [-0.1, -0.05) is 23.7 Å². The lowest BCUT2D eigenvalue weighted by Crippen LogP contribution is -2.39. The molecule has 0 spiro atoms. The largest absolute Gasteiger partial charge is 0.370 e. The van der Waals surface area contributed by atoms with Crippen molar-refractivity contribution in [2.45, 2.75) is 13.0 Å². The van der Waals surface area contributed by atoms with Gasteiger partial charge in [0.05, 0.1) is 23.9 Å². The van der Waals surface area contributed by atoms with Crippen molar-refractivity contribution < 1.29 is 4.74 Å². The summed E-state index contributed by atoms with van der Waals surface area (Å²) in [5.74, 6) is 0.764. The Labute approximate surface area is 190 Å². The minimum absolute atomic E-state index is 0.0315. The van der Waals surface area contributed by atoms with E-state index < -0.39 is 0 Å². The van der Waals surface area contributed by atoms with Crippen LogP contribution < -0.4 is 10.5 Å². The molecule has 0 bridgehead atoms. The fourth-order valence-electron chi connectivity index (χ4n) is 4.17. The predicted molar refractivity (Wildman–Crippen MR) is 126 cm³/mol. The number of aromatic nitrogens is 4. The maximum absolute atomic E-state index is 13.2. The molecule has 32 heavy (non-hydrogen) atoms. The average Bonchev–Trinajstić information content (AvgIpc) is 3.24. The second kappa shape index (κ2) is 8.07. The highest BCUT2D eigenvalue weighted by atomic mass is 35.5. The first kappa shape index (κ1) is 20.7. The summed E-state index contributed by atoms with van der Waals surface area (Å²) in [6.45, 7) is 3.83. The van der Waals surface area contributed by atoms with E-state index in [1.54, 1.807) is 16.3 Å². The van der Waals surface area contributed by atoms with Crippen molar-refractivity contribution in [2.75, 3.05) is 24.6 Å². The topological polar surface area (TPSA) is 65.2 Å². The van der Waals surface area contributed by atoms with Crippen LogP contribution in [-0.2, 0) is 18.8 Å². The van der Waals surface area contributed by atoms with Crippen molar-refractivity contribution in [1.29, 1.82) is 0 Å². The molecule has 0 aliphatic carbocycles. The van der Waals surface area contributed by atoms with Crippen LogP contribution in [-0.4, -0.2) is 39.0 Å². The molecule has 1 fully saturated rings. The van der Waals surface area contributed by atoms with E-state index in [9.17, 15) is 4.79 Å². The molecule has 7 nitrogen and oxygen atoms in total. The van der Waals surface area contributed by atoms with Gasteiger partial charge in [-0.25, -0.2) is 4.98 Å². The maximum Gasteiger partial charge on any atom is 0.258 e. The molecule has 8 heteroatoms. The number of morpholine rings is 1. The molecule has 1 aliphatic heterocycles. The first-order chi connectivity index (χ1) is 15.4. The molecule has 3 aromatic heterocycles. The number of benzene rings is 1. The zero-order valence-corrected chi connectivity index (χ0v) is 19.0. The van der Waals surface area contributed by atoms with E-state index in [4.69, 9.17) is 21.3 Å². The molecule has 4 heterocycles. The third-order valence-electron chi connectivity index (χ3n) is 6.07. The van der Waals surface area contributed by atoms with Crippen LogP contribution in [0.3, 0.4) is 0 Å². The van der Waals surface area contributed by atoms with Crippen molar-refractivity contribution in [3.05, 3.63) is 75.4 Å². The second-order valence-electron chi connectivity index (χ2n) is 8.20. The minimum atomic E-state index is -0.102. The highest BCUT2D eigenvalue weighted by Crippen LogP contribution is 2.32. The van der Waals surface area contributed by atoms with E-state index in [0.717, 1.165) is 33.7 Å². The summed E-state index contributed by atoms with van der Waals surface area (Å²) in [5, 5.41) is 6.42. The number of halogens is 1. The van der Waals surface area contributed by atoms with Crippen molar-refractivity contribution in [3.63, 3.8) is 0 Å². The van der Waals surface area contributed by atoms with Crippen molar-refractivity contribution in [1.82, 2.24) is 19.3 Å². The van der Waals surface area contributed by atoms with E-state index in [2.05, 4.69) is 10.00 Å². The van der Waals surface area contributed by atoms with E-state index in [-0.39, 0.29) is 11.7 Å². The molecule has 1 saturated heterocycles. The number of ether oxygens (including phenoxy) is 1. The number of hydrogen-bond donors (Lipinski definition) is 0. The SMILES string of the molecule is Cc1cc2c(-c3ccc(Cl)cc3)nc(N3CCO[C@H](c4cnn(C)c4)C3)cc2c(=O)n1C. The molecule has 1 aliphatic rings. The Kier molecular flexibility index (Phi) is 5.23. The number of nitrogens with zero attached hydrogens (tertiary/aromatic N) is 5. The molecule has 1 aromatic carbocycles. The first-order valence-corrected chi connectivity index (χ1v) is 10.9. The fourth-order valence-corrected chi connectivity index (χ4v) is 4.29. The number of hydrogen-bond acceptors (Lipinski definition) is 5. The summed E-state index contributed by atoms with van der Waals surface area (Å²) >= 11 is 6.11. The molecule has 1 atom stereocenters. The predicted octanol–water partition coefficient (Wildman–Crippen LogP) is 3.87.